The van der Waals surface area contributed by atoms with Gasteiger partial charge in [0.25, 0.3) is 0 Å². The molecule has 0 aromatic rings. The van der Waals surface area contributed by atoms with Crippen LogP contribution in [0.2, 0.25) is 0 Å². The summed E-state index contributed by atoms with van der Waals surface area (Å²) in [5, 5.41) is 0. The molecule has 11 heavy (non-hydrogen) atoms. The summed E-state index contributed by atoms with van der Waals surface area (Å²) in [5.41, 5.74) is 0. The van der Waals surface area contributed by atoms with E-state index in [0.717, 1.165) is 6.26 Å². The second-order valence-corrected chi connectivity index (χ2v) is 10.8. The van der Waals surface area contributed by atoms with Gasteiger partial charge < -0.3 is 0 Å². The van der Waals surface area contributed by atoms with Crippen LogP contribution in [0.15, 0.2) is 0 Å². The Morgan fingerprint density at radius 2 is 1.91 bits per heavy atom. The Morgan fingerprint density at radius 3 is 2.36 bits per heavy atom. The van der Waals surface area contributed by atoms with E-state index in [2.05, 4.69) is 0 Å². The van der Waals surface area contributed by atoms with Gasteiger partial charge in [-0.2, -0.15) is 0 Å². The molecule has 70 valence electrons. The van der Waals surface area contributed by atoms with Crippen LogP contribution in [0.3, 0.4) is 0 Å². The molecule has 1 heterocycles. The number of halogens is 3. The molecule has 0 atom stereocenters. The predicted molar refractivity (Wildman–Crippen MR) is 38.1 cm³/mol. The van der Waals surface area contributed by atoms with Gasteiger partial charge in [-0.15, -0.1) is 0 Å². The second-order valence-electron chi connectivity index (χ2n) is 2.23. The van der Waals surface area contributed by atoms with Crippen LogP contribution in [0.1, 0.15) is 0 Å². The van der Waals surface area contributed by atoms with Crippen molar-refractivity contribution in [2.24, 2.45) is 0 Å². The van der Waals surface area contributed by atoms with E-state index in [4.69, 9.17) is 4.74 Å². The number of rotatable bonds is 2. The Balaban J connectivity index is 2.24. The fourth-order valence-electron chi connectivity index (χ4n) is 0.781. The Bertz CT molecular complexity index is 126. The fraction of sp³-hybridized carbons (Fsp3) is 1.00. The van der Waals surface area contributed by atoms with Crippen LogP contribution >= 0.6 is 7.97 Å². The van der Waals surface area contributed by atoms with Crippen molar-refractivity contribution >= 4 is 7.97 Å². The van der Waals surface area contributed by atoms with E-state index in [1.807, 2.05) is 3.11 Å². The SMILES string of the molecule is CS(F)(F)[I-]N1CCOCC1. The van der Waals surface area contributed by atoms with Crippen LogP contribution in [-0.2, 0) is 4.74 Å². The van der Waals surface area contributed by atoms with Gasteiger partial charge in [0.05, 0.1) is 0 Å². The molecule has 2 nitrogen and oxygen atoms in total. The van der Waals surface area contributed by atoms with E-state index >= 15 is 0 Å². The molecule has 1 rings (SSSR count). The van der Waals surface area contributed by atoms with Crippen LogP contribution in [0, 0.1) is 0 Å². The molecule has 1 aliphatic rings. The van der Waals surface area contributed by atoms with Gasteiger partial charge in [-0.1, -0.05) is 0 Å². The molecule has 6 heteroatoms. The van der Waals surface area contributed by atoms with E-state index in [1.54, 1.807) is 0 Å². The van der Waals surface area contributed by atoms with E-state index in [9.17, 15) is 7.77 Å². The molecular formula is C5H11F2INOS-. The van der Waals surface area contributed by atoms with Crippen molar-refractivity contribution < 1.29 is 32.6 Å². The quantitative estimate of drug-likeness (QED) is 0.452. The van der Waals surface area contributed by atoms with Crippen LogP contribution in [0.25, 0.3) is 0 Å². The normalized spacial score (nSPS) is 23.9. The number of ether oxygens (including phenoxy) is 1. The van der Waals surface area contributed by atoms with Gasteiger partial charge in [0.1, 0.15) is 0 Å². The number of morpholine rings is 1. The van der Waals surface area contributed by atoms with E-state index in [-0.39, 0.29) is 0 Å². The number of nitrogens with zero attached hydrogens (tertiary/aromatic N) is 1. The second kappa shape index (κ2) is 4.20. The van der Waals surface area contributed by atoms with Crippen molar-refractivity contribution in [3.63, 3.8) is 0 Å². The van der Waals surface area contributed by atoms with Crippen molar-refractivity contribution in [3.05, 3.63) is 0 Å². The third kappa shape index (κ3) is 4.44. The minimum absolute atomic E-state index is 0.620. The fourth-order valence-corrected chi connectivity index (χ4v) is 5.77. The van der Waals surface area contributed by atoms with Gasteiger partial charge in [-0.25, -0.2) is 0 Å². The summed E-state index contributed by atoms with van der Waals surface area (Å²) in [4.78, 5) is 0. The molecule has 0 N–H and O–H groups in total. The molecule has 0 amide bonds. The van der Waals surface area contributed by atoms with Gasteiger partial charge in [-0.05, 0) is 0 Å². The van der Waals surface area contributed by atoms with Gasteiger partial charge in [0.15, 0.2) is 0 Å². The third-order valence-corrected chi connectivity index (χ3v) is 6.32. The Morgan fingerprint density at radius 1 is 1.36 bits per heavy atom. The summed E-state index contributed by atoms with van der Waals surface area (Å²) in [6, 6.07) is 0. The monoisotopic (exact) mass is 298 g/mol. The summed E-state index contributed by atoms with van der Waals surface area (Å²) >= 11 is -1.04. The average molecular weight is 298 g/mol. The third-order valence-electron chi connectivity index (χ3n) is 1.18. The molecule has 0 bridgehead atoms. The zero-order valence-electron chi connectivity index (χ0n) is 6.23. The molecule has 0 spiro atoms. The van der Waals surface area contributed by atoms with Crippen molar-refractivity contribution in [2.45, 2.75) is 0 Å². The standard InChI is InChI=1S/C5H11F2INOS/c1-11(6,7)8-9-2-4-10-5-3-9/h2-5H2,1H3/q-1. The molecule has 0 aromatic heterocycles. The predicted octanol–water partition coefficient (Wildman–Crippen LogP) is -1.56. The van der Waals surface area contributed by atoms with Crippen LogP contribution in [0.5, 0.6) is 0 Å². The number of hydrogen-bond acceptors (Lipinski definition) is 2. The van der Waals surface area contributed by atoms with Gasteiger partial charge >= 0.3 is 76.2 Å². The van der Waals surface area contributed by atoms with Gasteiger partial charge in [0.2, 0.25) is 0 Å². The average Bonchev–Trinajstić information content (AvgIpc) is 1.85. The summed E-state index contributed by atoms with van der Waals surface area (Å²) in [6.07, 6.45) is 1.08. The summed E-state index contributed by atoms with van der Waals surface area (Å²) in [7, 11) is -3.24. The maximum atomic E-state index is 12.6. The summed E-state index contributed by atoms with van der Waals surface area (Å²) in [5.74, 6) is 0. The van der Waals surface area contributed by atoms with E-state index in [0.29, 0.717) is 26.3 Å². The Labute approximate surface area is 76.2 Å². The Hall–Kier alpha value is 0.860. The Kier molecular flexibility index (Phi) is 3.79. The van der Waals surface area contributed by atoms with E-state index < -0.39 is 28.1 Å². The first kappa shape index (κ1) is 9.94. The van der Waals surface area contributed by atoms with Crippen molar-refractivity contribution in [1.29, 1.82) is 0 Å². The van der Waals surface area contributed by atoms with Crippen molar-refractivity contribution in [1.82, 2.24) is 3.11 Å². The summed E-state index contributed by atoms with van der Waals surface area (Å²) < 4.78 is 32.0. The molecule has 1 saturated heterocycles. The van der Waals surface area contributed by atoms with E-state index in [1.165, 1.54) is 0 Å². The minimum atomic E-state index is -3.24. The molecule has 0 aliphatic carbocycles. The van der Waals surface area contributed by atoms with Gasteiger partial charge in [0, 0.05) is 0 Å². The first-order chi connectivity index (χ1) is 5.08. The van der Waals surface area contributed by atoms with Crippen molar-refractivity contribution in [3.8, 4) is 0 Å². The molecule has 0 aromatic carbocycles. The first-order valence-corrected chi connectivity index (χ1v) is 8.60. The maximum absolute atomic E-state index is 12.6. The van der Waals surface area contributed by atoms with Crippen LogP contribution in [0.4, 0.5) is 7.77 Å². The molecule has 1 fully saturated rings. The molecular weight excluding hydrogens is 287 g/mol. The number of hydrogen-bond donors (Lipinski definition) is 0. The molecule has 1 aliphatic heterocycles. The topological polar surface area (TPSA) is 12.5 Å². The zero-order chi connectivity index (χ0) is 8.32. The van der Waals surface area contributed by atoms with Gasteiger partial charge in [-0.3, -0.25) is 0 Å². The first-order valence-electron chi connectivity index (χ1n) is 3.25. The molecule has 0 saturated carbocycles. The molecule has 0 radical (unpaired) electrons. The zero-order valence-corrected chi connectivity index (χ0v) is 9.20. The molecule has 0 unspecified atom stereocenters. The van der Waals surface area contributed by atoms with Crippen LogP contribution in [-0.4, -0.2) is 35.7 Å². The summed E-state index contributed by atoms with van der Waals surface area (Å²) in [6.45, 7) is 2.64. The van der Waals surface area contributed by atoms with Crippen LogP contribution < -0.4 is 20.1 Å². The van der Waals surface area contributed by atoms with Crippen molar-refractivity contribution in [2.75, 3.05) is 32.6 Å².